The van der Waals surface area contributed by atoms with Crippen molar-refractivity contribution in [1.29, 1.82) is 0 Å². The monoisotopic (exact) mass is 188 g/mol. The second kappa shape index (κ2) is 3.41. The smallest absolute Gasteiger partial charge is 0.275 e. The lowest BCUT2D eigenvalue weighted by molar-refractivity contribution is -0.119. The molecule has 1 heterocycles. The van der Waals surface area contributed by atoms with Gasteiger partial charge >= 0.3 is 0 Å². The van der Waals surface area contributed by atoms with E-state index in [0.717, 1.165) is 5.56 Å². The average Bonchev–Trinajstić information content (AvgIpc) is 2.20. The number of benzene rings is 1. The van der Waals surface area contributed by atoms with E-state index >= 15 is 0 Å². The molecule has 1 aromatic carbocycles. The van der Waals surface area contributed by atoms with Crippen LogP contribution in [-0.2, 0) is 4.79 Å². The first-order chi connectivity index (χ1) is 6.77. The topological polar surface area (TPSA) is 62.0 Å². The second-order valence-electron chi connectivity index (χ2n) is 2.91. The zero-order chi connectivity index (χ0) is 9.97. The lowest BCUT2D eigenvalue weighted by Crippen LogP contribution is -2.12. The third-order valence-corrected chi connectivity index (χ3v) is 1.95. The van der Waals surface area contributed by atoms with E-state index in [1.807, 2.05) is 0 Å². The molecule has 14 heavy (non-hydrogen) atoms. The maximum atomic E-state index is 11.3. The maximum absolute atomic E-state index is 11.3. The van der Waals surface area contributed by atoms with Gasteiger partial charge < -0.3 is 5.11 Å². The van der Waals surface area contributed by atoms with Crippen molar-refractivity contribution in [2.75, 3.05) is 0 Å². The van der Waals surface area contributed by atoms with E-state index in [9.17, 15) is 4.79 Å². The minimum Gasteiger partial charge on any atom is -0.508 e. The van der Waals surface area contributed by atoms with Crippen molar-refractivity contribution in [2.45, 2.75) is 6.04 Å². The largest absolute Gasteiger partial charge is 0.508 e. The molecule has 2 rings (SSSR count). The second-order valence-corrected chi connectivity index (χ2v) is 2.91. The third kappa shape index (κ3) is 1.54. The Kier molecular flexibility index (Phi) is 2.10. The molecule has 0 saturated carbocycles. The van der Waals surface area contributed by atoms with E-state index in [-0.39, 0.29) is 11.7 Å². The predicted molar refractivity (Wildman–Crippen MR) is 52.8 cm³/mol. The van der Waals surface area contributed by atoms with Crippen molar-refractivity contribution in [3.8, 4) is 5.75 Å². The Morgan fingerprint density at radius 1 is 1.14 bits per heavy atom. The van der Waals surface area contributed by atoms with Crippen LogP contribution in [0.1, 0.15) is 11.6 Å². The molecule has 0 saturated heterocycles. The van der Waals surface area contributed by atoms with Gasteiger partial charge in [0.1, 0.15) is 5.75 Å². The Balaban J connectivity index is 2.31. The molecule has 1 aliphatic heterocycles. The zero-order valence-corrected chi connectivity index (χ0v) is 7.29. The van der Waals surface area contributed by atoms with Crippen LogP contribution in [0.15, 0.2) is 34.3 Å². The van der Waals surface area contributed by atoms with Crippen molar-refractivity contribution in [1.82, 2.24) is 0 Å². The summed E-state index contributed by atoms with van der Waals surface area (Å²) in [5.74, 6) is -0.109. The molecule has 0 aromatic heterocycles. The van der Waals surface area contributed by atoms with Crippen LogP contribution in [0.3, 0.4) is 0 Å². The van der Waals surface area contributed by atoms with Gasteiger partial charge in [-0.1, -0.05) is 12.1 Å². The molecular formula is C10H8N2O2. The first-order valence-electron chi connectivity index (χ1n) is 4.16. The van der Waals surface area contributed by atoms with E-state index in [1.54, 1.807) is 12.1 Å². The van der Waals surface area contributed by atoms with E-state index in [2.05, 4.69) is 9.98 Å². The van der Waals surface area contributed by atoms with Crippen LogP contribution in [0.2, 0.25) is 0 Å². The number of phenolic OH excluding ortho intramolecular Hbond substituents is 1. The quantitative estimate of drug-likeness (QED) is 0.717. The summed E-state index contributed by atoms with van der Waals surface area (Å²) in [6.45, 7) is 0. The molecule has 1 atom stereocenters. The van der Waals surface area contributed by atoms with Gasteiger partial charge in [-0.05, 0) is 17.7 Å². The summed E-state index contributed by atoms with van der Waals surface area (Å²) in [4.78, 5) is 18.9. The number of carbonyl (C=O) groups excluding carboxylic acids is 1. The summed E-state index contributed by atoms with van der Waals surface area (Å²) in [5, 5.41) is 9.07. The van der Waals surface area contributed by atoms with E-state index in [0.29, 0.717) is 0 Å². The normalized spacial score (nSPS) is 20.0. The van der Waals surface area contributed by atoms with Gasteiger partial charge in [-0.2, -0.15) is 0 Å². The summed E-state index contributed by atoms with van der Waals surface area (Å²) in [6.07, 6.45) is 2.87. The molecule has 1 unspecified atom stereocenters. The van der Waals surface area contributed by atoms with Crippen LogP contribution in [0.25, 0.3) is 0 Å². The zero-order valence-electron chi connectivity index (χ0n) is 7.29. The fraction of sp³-hybridized carbons (Fsp3) is 0.100. The molecule has 1 aliphatic rings. The number of amides is 1. The maximum Gasteiger partial charge on any atom is 0.275 e. The molecule has 0 aliphatic carbocycles. The van der Waals surface area contributed by atoms with Gasteiger partial charge in [0, 0.05) is 12.4 Å². The lowest BCUT2D eigenvalue weighted by atomic mass is 10.1. The Morgan fingerprint density at radius 3 is 2.50 bits per heavy atom. The van der Waals surface area contributed by atoms with Gasteiger partial charge in [0.25, 0.3) is 5.91 Å². The van der Waals surface area contributed by atoms with Gasteiger partial charge in [0.2, 0.25) is 0 Å². The molecule has 0 fully saturated rings. The number of hydrogen-bond donors (Lipinski definition) is 1. The Bertz CT molecular complexity index is 407. The Labute approximate surface area is 80.6 Å². The van der Waals surface area contributed by atoms with Crippen molar-refractivity contribution in [2.24, 2.45) is 9.98 Å². The predicted octanol–water partition coefficient (Wildman–Crippen LogP) is 1.12. The number of aliphatic imine (C=N–C) groups is 2. The first kappa shape index (κ1) is 8.62. The Hall–Kier alpha value is -1.97. The molecule has 1 amide bonds. The number of nitrogens with zero attached hydrogens (tertiary/aromatic N) is 2. The highest BCUT2D eigenvalue weighted by Gasteiger charge is 2.19. The van der Waals surface area contributed by atoms with Gasteiger partial charge in [-0.15, -0.1) is 0 Å². The summed E-state index contributed by atoms with van der Waals surface area (Å²) in [5.41, 5.74) is 0.737. The summed E-state index contributed by atoms with van der Waals surface area (Å²) >= 11 is 0. The van der Waals surface area contributed by atoms with Gasteiger partial charge in [-0.3, -0.25) is 9.79 Å². The third-order valence-electron chi connectivity index (χ3n) is 1.95. The number of aromatic hydroxyl groups is 1. The summed E-state index contributed by atoms with van der Waals surface area (Å²) < 4.78 is 0. The van der Waals surface area contributed by atoms with Crippen LogP contribution in [-0.4, -0.2) is 23.4 Å². The van der Waals surface area contributed by atoms with Gasteiger partial charge in [-0.25, -0.2) is 4.99 Å². The SMILES string of the molecule is O=C1N=CC=NC1c1ccc(O)cc1. The van der Waals surface area contributed by atoms with Crippen molar-refractivity contribution < 1.29 is 9.90 Å². The van der Waals surface area contributed by atoms with Crippen molar-refractivity contribution in [3.05, 3.63) is 29.8 Å². The number of rotatable bonds is 1. The minimum atomic E-state index is -0.555. The van der Waals surface area contributed by atoms with Crippen molar-refractivity contribution >= 4 is 18.3 Å². The molecule has 0 spiro atoms. The molecule has 4 heteroatoms. The highest BCUT2D eigenvalue weighted by molar-refractivity contribution is 6.21. The molecule has 1 N–H and O–H groups in total. The highest BCUT2D eigenvalue weighted by Crippen LogP contribution is 2.22. The highest BCUT2D eigenvalue weighted by atomic mass is 16.3. The molecular weight excluding hydrogens is 180 g/mol. The molecule has 1 aromatic rings. The standard InChI is InChI=1S/C10H8N2O2/c13-8-3-1-7(2-4-8)9-10(14)12-6-5-11-9/h1-6,9,13H. The fourth-order valence-corrected chi connectivity index (χ4v) is 1.25. The lowest BCUT2D eigenvalue weighted by Gasteiger charge is -2.10. The summed E-state index contributed by atoms with van der Waals surface area (Å²) in [7, 11) is 0. The van der Waals surface area contributed by atoms with Crippen LogP contribution < -0.4 is 0 Å². The minimum absolute atomic E-state index is 0.171. The van der Waals surface area contributed by atoms with Crippen LogP contribution in [0, 0.1) is 0 Å². The van der Waals surface area contributed by atoms with Gasteiger partial charge in [0.05, 0.1) is 0 Å². The molecule has 0 bridgehead atoms. The number of phenols is 1. The van der Waals surface area contributed by atoms with Crippen LogP contribution >= 0.6 is 0 Å². The van der Waals surface area contributed by atoms with Gasteiger partial charge in [0.15, 0.2) is 6.04 Å². The molecule has 70 valence electrons. The van der Waals surface area contributed by atoms with E-state index < -0.39 is 6.04 Å². The molecule has 4 nitrogen and oxygen atoms in total. The fourth-order valence-electron chi connectivity index (χ4n) is 1.25. The van der Waals surface area contributed by atoms with Crippen LogP contribution in [0.5, 0.6) is 5.75 Å². The first-order valence-corrected chi connectivity index (χ1v) is 4.16. The average molecular weight is 188 g/mol. The Morgan fingerprint density at radius 2 is 1.86 bits per heavy atom. The van der Waals surface area contributed by atoms with E-state index in [1.165, 1.54) is 24.6 Å². The number of hydrogen-bond acceptors (Lipinski definition) is 3. The number of carbonyl (C=O) groups is 1. The van der Waals surface area contributed by atoms with E-state index in [4.69, 9.17) is 5.11 Å². The van der Waals surface area contributed by atoms with Crippen molar-refractivity contribution in [3.63, 3.8) is 0 Å². The van der Waals surface area contributed by atoms with Crippen LogP contribution in [0.4, 0.5) is 0 Å². The summed E-state index contributed by atoms with van der Waals surface area (Å²) in [6, 6.07) is 5.82. The molecule has 0 radical (unpaired) electrons.